The van der Waals surface area contributed by atoms with Crippen LogP contribution in [-0.2, 0) is 9.53 Å². The number of carbonyl (C=O) groups is 1. The number of likely N-dealkylation sites (N-methyl/N-ethyl adjacent to an activating group) is 1. The summed E-state index contributed by atoms with van der Waals surface area (Å²) in [7, 11) is 3.99. The fraction of sp³-hybridized carbons (Fsp3) is 0.650. The lowest BCUT2D eigenvalue weighted by Gasteiger charge is -2.45. The summed E-state index contributed by atoms with van der Waals surface area (Å²) in [6, 6.07) is 8.14. The predicted octanol–water partition coefficient (Wildman–Crippen LogP) is 3.02. The first-order valence-corrected chi connectivity index (χ1v) is 9.10. The van der Waals surface area contributed by atoms with Crippen LogP contribution in [0.2, 0.25) is 0 Å². The molecule has 0 unspecified atom stereocenters. The molecule has 4 nitrogen and oxygen atoms in total. The minimum absolute atomic E-state index is 0.186. The highest BCUT2D eigenvalue weighted by molar-refractivity contribution is 5.83. The van der Waals surface area contributed by atoms with E-state index in [1.807, 2.05) is 25.1 Å². The topological polar surface area (TPSA) is 32.8 Å². The van der Waals surface area contributed by atoms with Crippen molar-refractivity contribution < 1.29 is 9.53 Å². The lowest BCUT2D eigenvalue weighted by atomic mass is 9.72. The lowest BCUT2D eigenvalue weighted by Crippen LogP contribution is -2.48. The average molecular weight is 330 g/mol. The number of carbonyl (C=O) groups excluding carboxylic acids is 1. The van der Waals surface area contributed by atoms with Gasteiger partial charge in [0.15, 0.2) is 0 Å². The van der Waals surface area contributed by atoms with E-state index in [4.69, 9.17) is 4.74 Å². The molecule has 4 heteroatoms. The lowest BCUT2D eigenvalue weighted by molar-refractivity contribution is -0.139. The number of nitrogens with zero attached hydrogens (tertiary/aromatic N) is 2. The van der Waals surface area contributed by atoms with Gasteiger partial charge in [-0.25, -0.2) is 0 Å². The molecule has 2 saturated heterocycles. The molecular weight excluding hydrogens is 300 g/mol. The normalized spacial score (nSPS) is 21.9. The van der Waals surface area contributed by atoms with Gasteiger partial charge in [0.1, 0.15) is 6.04 Å². The standard InChI is InChI=1S/C20H30N2O2/c1-16-5-4-6-17(15-16)18(21(2)3)19(23)22-11-7-20(8-12-22)9-13-24-14-10-20/h4-6,15,18H,7-14H2,1-3H3/t18-/m0/s1. The Hall–Kier alpha value is -1.39. The first kappa shape index (κ1) is 17.4. The van der Waals surface area contributed by atoms with Gasteiger partial charge in [0.25, 0.3) is 0 Å². The number of amides is 1. The van der Waals surface area contributed by atoms with Crippen LogP contribution >= 0.6 is 0 Å². The van der Waals surface area contributed by atoms with Crippen molar-refractivity contribution in [3.8, 4) is 0 Å². The maximum Gasteiger partial charge on any atom is 0.244 e. The van der Waals surface area contributed by atoms with Crippen molar-refractivity contribution in [3.05, 3.63) is 35.4 Å². The van der Waals surface area contributed by atoms with E-state index in [1.165, 1.54) is 5.56 Å². The largest absolute Gasteiger partial charge is 0.381 e. The van der Waals surface area contributed by atoms with Crippen molar-refractivity contribution in [2.45, 2.75) is 38.6 Å². The Bertz CT molecular complexity index is 569. The maximum absolute atomic E-state index is 13.2. The van der Waals surface area contributed by atoms with Gasteiger partial charge in [0.05, 0.1) is 0 Å². The third-order valence-corrected chi connectivity index (χ3v) is 5.80. The predicted molar refractivity (Wildman–Crippen MR) is 95.9 cm³/mol. The summed E-state index contributed by atoms with van der Waals surface area (Å²) in [4.78, 5) is 17.3. The van der Waals surface area contributed by atoms with Gasteiger partial charge in [-0.15, -0.1) is 0 Å². The van der Waals surface area contributed by atoms with Gasteiger partial charge >= 0.3 is 0 Å². The molecule has 132 valence electrons. The highest BCUT2D eigenvalue weighted by Crippen LogP contribution is 2.41. The van der Waals surface area contributed by atoms with E-state index in [0.717, 1.165) is 57.6 Å². The van der Waals surface area contributed by atoms with Gasteiger partial charge in [-0.3, -0.25) is 9.69 Å². The summed E-state index contributed by atoms with van der Waals surface area (Å²) in [5, 5.41) is 0. The Morgan fingerprint density at radius 2 is 1.83 bits per heavy atom. The third-order valence-electron chi connectivity index (χ3n) is 5.80. The second-order valence-electron chi connectivity index (χ2n) is 7.72. The molecule has 0 N–H and O–H groups in total. The second-order valence-corrected chi connectivity index (χ2v) is 7.72. The van der Waals surface area contributed by atoms with E-state index in [0.29, 0.717) is 5.41 Å². The van der Waals surface area contributed by atoms with Gasteiger partial charge < -0.3 is 9.64 Å². The summed E-state index contributed by atoms with van der Waals surface area (Å²) in [5.74, 6) is 0.243. The Balaban J connectivity index is 1.70. The molecular formula is C20H30N2O2. The number of hydrogen-bond acceptors (Lipinski definition) is 3. The Kier molecular flexibility index (Phi) is 5.26. The molecule has 0 aromatic heterocycles. The van der Waals surface area contributed by atoms with Gasteiger partial charge in [-0.1, -0.05) is 29.8 Å². The van der Waals surface area contributed by atoms with Gasteiger partial charge in [-0.2, -0.15) is 0 Å². The quantitative estimate of drug-likeness (QED) is 0.854. The highest BCUT2D eigenvalue weighted by atomic mass is 16.5. The van der Waals surface area contributed by atoms with Crippen LogP contribution in [0.1, 0.15) is 42.9 Å². The van der Waals surface area contributed by atoms with E-state index in [-0.39, 0.29) is 11.9 Å². The smallest absolute Gasteiger partial charge is 0.244 e. The molecule has 2 aliphatic rings. The maximum atomic E-state index is 13.2. The molecule has 2 fully saturated rings. The number of benzene rings is 1. The highest BCUT2D eigenvalue weighted by Gasteiger charge is 2.38. The molecule has 0 bridgehead atoms. The fourth-order valence-corrected chi connectivity index (χ4v) is 4.18. The average Bonchev–Trinajstić information content (AvgIpc) is 2.56. The molecule has 0 radical (unpaired) electrons. The van der Waals surface area contributed by atoms with E-state index >= 15 is 0 Å². The van der Waals surface area contributed by atoms with E-state index in [1.54, 1.807) is 0 Å². The minimum Gasteiger partial charge on any atom is -0.381 e. The Morgan fingerprint density at radius 1 is 1.17 bits per heavy atom. The monoisotopic (exact) mass is 330 g/mol. The molecule has 1 spiro atoms. The van der Waals surface area contributed by atoms with Crippen LogP contribution in [0.15, 0.2) is 24.3 Å². The van der Waals surface area contributed by atoms with Gasteiger partial charge in [0, 0.05) is 26.3 Å². The zero-order valence-corrected chi connectivity index (χ0v) is 15.3. The van der Waals surface area contributed by atoms with Crippen molar-refractivity contribution in [2.24, 2.45) is 5.41 Å². The molecule has 1 atom stereocenters. The van der Waals surface area contributed by atoms with Crippen LogP contribution in [0.5, 0.6) is 0 Å². The van der Waals surface area contributed by atoms with Crippen LogP contribution in [0.4, 0.5) is 0 Å². The Labute approximate surface area is 145 Å². The van der Waals surface area contributed by atoms with Crippen LogP contribution in [0.3, 0.4) is 0 Å². The fourth-order valence-electron chi connectivity index (χ4n) is 4.18. The molecule has 2 aliphatic heterocycles. The first-order chi connectivity index (χ1) is 11.5. The van der Waals surface area contributed by atoms with Crippen molar-refractivity contribution in [1.82, 2.24) is 9.80 Å². The molecule has 1 amide bonds. The number of hydrogen-bond donors (Lipinski definition) is 0. The van der Waals surface area contributed by atoms with Crippen molar-refractivity contribution in [2.75, 3.05) is 40.4 Å². The molecule has 0 saturated carbocycles. The molecule has 0 aliphatic carbocycles. The Morgan fingerprint density at radius 3 is 2.42 bits per heavy atom. The number of piperidine rings is 1. The molecule has 3 rings (SSSR count). The molecule has 2 heterocycles. The van der Waals surface area contributed by atoms with E-state index in [9.17, 15) is 4.79 Å². The van der Waals surface area contributed by atoms with Crippen LogP contribution in [-0.4, -0.2) is 56.1 Å². The molecule has 1 aromatic rings. The zero-order chi connectivity index (χ0) is 17.2. The summed E-state index contributed by atoms with van der Waals surface area (Å²) in [6.45, 7) is 5.62. The summed E-state index contributed by atoms with van der Waals surface area (Å²) < 4.78 is 5.52. The van der Waals surface area contributed by atoms with Crippen molar-refractivity contribution >= 4 is 5.91 Å². The summed E-state index contributed by atoms with van der Waals surface area (Å²) in [6.07, 6.45) is 4.56. The third kappa shape index (κ3) is 3.65. The van der Waals surface area contributed by atoms with E-state index < -0.39 is 0 Å². The number of rotatable bonds is 3. The summed E-state index contributed by atoms with van der Waals surface area (Å²) in [5.41, 5.74) is 2.72. The minimum atomic E-state index is -0.186. The summed E-state index contributed by atoms with van der Waals surface area (Å²) >= 11 is 0. The SMILES string of the molecule is Cc1cccc([C@@H](C(=O)N2CCC3(CCOCC3)CC2)N(C)C)c1. The second kappa shape index (κ2) is 7.24. The van der Waals surface area contributed by atoms with Gasteiger partial charge in [-0.05, 0) is 57.7 Å². The van der Waals surface area contributed by atoms with Crippen LogP contribution < -0.4 is 0 Å². The number of likely N-dealkylation sites (tertiary alicyclic amines) is 1. The van der Waals surface area contributed by atoms with E-state index in [2.05, 4.69) is 30.0 Å². The van der Waals surface area contributed by atoms with Gasteiger partial charge in [0.2, 0.25) is 5.91 Å². The number of aryl methyl sites for hydroxylation is 1. The number of ether oxygens (including phenoxy) is 1. The molecule has 24 heavy (non-hydrogen) atoms. The van der Waals surface area contributed by atoms with Crippen molar-refractivity contribution in [1.29, 1.82) is 0 Å². The first-order valence-electron chi connectivity index (χ1n) is 9.10. The van der Waals surface area contributed by atoms with Crippen LogP contribution in [0.25, 0.3) is 0 Å². The van der Waals surface area contributed by atoms with Crippen LogP contribution in [0, 0.1) is 12.3 Å². The molecule has 1 aromatic carbocycles. The zero-order valence-electron chi connectivity index (χ0n) is 15.3. The van der Waals surface area contributed by atoms with Crippen molar-refractivity contribution in [3.63, 3.8) is 0 Å².